The lowest BCUT2D eigenvalue weighted by Gasteiger charge is -2.08. The number of amides is 1. The van der Waals surface area contributed by atoms with Crippen LogP contribution in [0.1, 0.15) is 21.9 Å². The molecule has 2 N–H and O–H groups in total. The van der Waals surface area contributed by atoms with Crippen LogP contribution in [-0.4, -0.2) is 48.7 Å². The van der Waals surface area contributed by atoms with E-state index in [0.717, 1.165) is 11.4 Å². The first-order chi connectivity index (χ1) is 12.1. The van der Waals surface area contributed by atoms with Crippen LogP contribution >= 0.6 is 0 Å². The van der Waals surface area contributed by atoms with Gasteiger partial charge in [-0.15, -0.1) is 0 Å². The van der Waals surface area contributed by atoms with Gasteiger partial charge in [-0.25, -0.2) is 19.6 Å². The molecule has 128 valence electrons. The fourth-order valence-corrected chi connectivity index (χ4v) is 2.29. The van der Waals surface area contributed by atoms with Gasteiger partial charge in [-0.1, -0.05) is 0 Å². The van der Waals surface area contributed by atoms with E-state index in [2.05, 4.69) is 35.7 Å². The second-order valence-corrected chi connectivity index (χ2v) is 5.37. The summed E-state index contributed by atoms with van der Waals surface area (Å²) in [7, 11) is 0. The molecule has 0 aliphatic rings. The van der Waals surface area contributed by atoms with Gasteiger partial charge in [-0.05, 0) is 19.9 Å². The number of carbonyl (C=O) groups excluding carboxylic acids is 1. The molecular formula is C16H18N8O. The highest BCUT2D eigenvalue weighted by atomic mass is 16.1. The van der Waals surface area contributed by atoms with Crippen molar-refractivity contribution in [2.75, 3.05) is 18.4 Å². The van der Waals surface area contributed by atoms with Crippen molar-refractivity contribution >= 4 is 11.7 Å². The number of carbonyl (C=O) groups is 1. The number of nitrogens with one attached hydrogen (secondary N) is 2. The van der Waals surface area contributed by atoms with Gasteiger partial charge in [0.15, 0.2) is 5.82 Å². The Labute approximate surface area is 144 Å². The number of anilines is 1. The van der Waals surface area contributed by atoms with Crippen molar-refractivity contribution in [3.05, 3.63) is 54.1 Å². The molecule has 3 aromatic heterocycles. The molecule has 0 unspecified atom stereocenters. The summed E-state index contributed by atoms with van der Waals surface area (Å²) in [6.07, 6.45) is 5.91. The van der Waals surface area contributed by atoms with Crippen LogP contribution in [0.25, 0.3) is 5.82 Å². The van der Waals surface area contributed by atoms with E-state index in [1.165, 1.54) is 24.9 Å². The van der Waals surface area contributed by atoms with Gasteiger partial charge in [-0.2, -0.15) is 5.10 Å². The minimum atomic E-state index is -0.263. The van der Waals surface area contributed by atoms with Gasteiger partial charge < -0.3 is 10.6 Å². The second kappa shape index (κ2) is 7.47. The van der Waals surface area contributed by atoms with E-state index in [1.807, 2.05) is 26.0 Å². The van der Waals surface area contributed by atoms with Gasteiger partial charge in [0.05, 0.1) is 11.9 Å². The Kier molecular flexibility index (Phi) is 4.93. The maximum Gasteiger partial charge on any atom is 0.271 e. The van der Waals surface area contributed by atoms with Crippen molar-refractivity contribution in [2.45, 2.75) is 13.8 Å². The zero-order chi connectivity index (χ0) is 17.6. The number of hydrogen-bond acceptors (Lipinski definition) is 7. The molecule has 0 radical (unpaired) electrons. The Morgan fingerprint density at radius 2 is 2.00 bits per heavy atom. The van der Waals surface area contributed by atoms with Gasteiger partial charge >= 0.3 is 0 Å². The summed E-state index contributed by atoms with van der Waals surface area (Å²) in [5.74, 6) is 1.08. The molecule has 0 bridgehead atoms. The molecule has 3 rings (SSSR count). The summed E-state index contributed by atoms with van der Waals surface area (Å²) < 4.78 is 1.76. The average Bonchev–Trinajstić information content (AvgIpc) is 2.98. The molecule has 0 saturated heterocycles. The number of nitrogens with zero attached hydrogens (tertiary/aromatic N) is 6. The Morgan fingerprint density at radius 1 is 1.12 bits per heavy atom. The van der Waals surface area contributed by atoms with Crippen LogP contribution in [0.15, 0.2) is 37.1 Å². The molecule has 3 heterocycles. The third kappa shape index (κ3) is 4.14. The zero-order valence-electron chi connectivity index (χ0n) is 14.0. The third-order valence-corrected chi connectivity index (χ3v) is 3.39. The van der Waals surface area contributed by atoms with E-state index in [4.69, 9.17) is 0 Å². The highest BCUT2D eigenvalue weighted by Crippen LogP contribution is 2.11. The molecule has 0 aromatic carbocycles. The molecule has 25 heavy (non-hydrogen) atoms. The number of rotatable bonds is 6. The Morgan fingerprint density at radius 3 is 2.72 bits per heavy atom. The first-order valence-electron chi connectivity index (χ1n) is 7.77. The Hall–Kier alpha value is -3.36. The van der Waals surface area contributed by atoms with Gasteiger partial charge in [0.2, 0.25) is 0 Å². The minimum Gasteiger partial charge on any atom is -0.368 e. The standard InChI is InChI=1S/C16H18N8O/c1-11-7-12(2)24(23-11)15-8-14(21-10-22-15)19-5-6-20-16(25)13-9-17-3-4-18-13/h3-4,7-10H,5-6H2,1-2H3,(H,20,25)(H,19,21,22). The van der Waals surface area contributed by atoms with E-state index in [-0.39, 0.29) is 11.6 Å². The number of aryl methyl sites for hydroxylation is 2. The molecule has 0 aliphatic heterocycles. The first-order valence-corrected chi connectivity index (χ1v) is 7.77. The highest BCUT2D eigenvalue weighted by Gasteiger charge is 2.07. The van der Waals surface area contributed by atoms with Gasteiger partial charge in [0.1, 0.15) is 17.8 Å². The van der Waals surface area contributed by atoms with E-state index in [9.17, 15) is 4.79 Å². The molecule has 0 aliphatic carbocycles. The predicted molar refractivity (Wildman–Crippen MR) is 91.5 cm³/mol. The summed E-state index contributed by atoms with van der Waals surface area (Å²) in [5.41, 5.74) is 2.21. The maximum absolute atomic E-state index is 11.9. The topological polar surface area (TPSA) is 111 Å². The van der Waals surface area contributed by atoms with Gasteiger partial charge in [0, 0.05) is 37.2 Å². The molecule has 0 saturated carbocycles. The molecule has 9 heteroatoms. The molecular weight excluding hydrogens is 320 g/mol. The molecule has 0 atom stereocenters. The lowest BCUT2D eigenvalue weighted by atomic mass is 10.4. The summed E-state index contributed by atoms with van der Waals surface area (Å²) in [4.78, 5) is 28.1. The number of aromatic nitrogens is 6. The van der Waals surface area contributed by atoms with Crippen molar-refractivity contribution in [1.29, 1.82) is 0 Å². The van der Waals surface area contributed by atoms with Crippen molar-refractivity contribution in [1.82, 2.24) is 35.0 Å². The van der Waals surface area contributed by atoms with Crippen molar-refractivity contribution in [2.24, 2.45) is 0 Å². The summed E-state index contributed by atoms with van der Waals surface area (Å²) >= 11 is 0. The van der Waals surface area contributed by atoms with E-state index in [1.54, 1.807) is 4.68 Å². The summed E-state index contributed by atoms with van der Waals surface area (Å²) in [6, 6.07) is 3.79. The predicted octanol–water partition coefficient (Wildman–Crippen LogP) is 0.911. The maximum atomic E-state index is 11.9. The van der Waals surface area contributed by atoms with Crippen LogP contribution in [0.2, 0.25) is 0 Å². The molecule has 3 aromatic rings. The third-order valence-electron chi connectivity index (χ3n) is 3.39. The van der Waals surface area contributed by atoms with Crippen LogP contribution in [-0.2, 0) is 0 Å². The van der Waals surface area contributed by atoms with Crippen LogP contribution < -0.4 is 10.6 Å². The van der Waals surface area contributed by atoms with Crippen LogP contribution in [0.4, 0.5) is 5.82 Å². The highest BCUT2D eigenvalue weighted by molar-refractivity contribution is 5.91. The van der Waals surface area contributed by atoms with Crippen molar-refractivity contribution in [3.63, 3.8) is 0 Å². The van der Waals surface area contributed by atoms with Gasteiger partial charge in [0.25, 0.3) is 5.91 Å². The Balaban J connectivity index is 1.55. The fraction of sp³-hybridized carbons (Fsp3) is 0.250. The lowest BCUT2D eigenvalue weighted by Crippen LogP contribution is -2.29. The van der Waals surface area contributed by atoms with Crippen LogP contribution in [0.5, 0.6) is 0 Å². The van der Waals surface area contributed by atoms with E-state index in [0.29, 0.717) is 24.7 Å². The van der Waals surface area contributed by atoms with E-state index < -0.39 is 0 Å². The quantitative estimate of drug-likeness (QED) is 0.643. The van der Waals surface area contributed by atoms with Crippen molar-refractivity contribution in [3.8, 4) is 5.82 Å². The van der Waals surface area contributed by atoms with Crippen LogP contribution in [0, 0.1) is 13.8 Å². The fourth-order valence-electron chi connectivity index (χ4n) is 2.29. The summed E-state index contributed by atoms with van der Waals surface area (Å²) in [6.45, 7) is 4.84. The van der Waals surface area contributed by atoms with Crippen LogP contribution in [0.3, 0.4) is 0 Å². The first kappa shape index (κ1) is 16.5. The Bertz CT molecular complexity index is 862. The average molecular weight is 338 g/mol. The second-order valence-electron chi connectivity index (χ2n) is 5.37. The van der Waals surface area contributed by atoms with Gasteiger partial charge in [-0.3, -0.25) is 9.78 Å². The molecule has 1 amide bonds. The monoisotopic (exact) mass is 338 g/mol. The summed E-state index contributed by atoms with van der Waals surface area (Å²) in [5, 5.41) is 10.3. The lowest BCUT2D eigenvalue weighted by molar-refractivity contribution is 0.0950. The largest absolute Gasteiger partial charge is 0.368 e. The number of hydrogen-bond donors (Lipinski definition) is 2. The SMILES string of the molecule is Cc1cc(C)n(-c2cc(NCCNC(=O)c3cnccn3)ncn2)n1. The normalized spacial score (nSPS) is 10.5. The van der Waals surface area contributed by atoms with E-state index >= 15 is 0 Å². The zero-order valence-corrected chi connectivity index (χ0v) is 14.0. The smallest absolute Gasteiger partial charge is 0.271 e. The molecule has 0 fully saturated rings. The minimum absolute atomic E-state index is 0.263. The van der Waals surface area contributed by atoms with Crippen molar-refractivity contribution < 1.29 is 4.79 Å². The molecule has 9 nitrogen and oxygen atoms in total. The molecule has 0 spiro atoms.